The van der Waals surface area contributed by atoms with Gasteiger partial charge in [0, 0.05) is 49.6 Å². The van der Waals surface area contributed by atoms with E-state index in [0.717, 1.165) is 73.5 Å². The normalized spacial score (nSPS) is 17.9. The maximum absolute atomic E-state index is 12.8. The van der Waals surface area contributed by atoms with E-state index in [-0.39, 0.29) is 5.91 Å². The lowest BCUT2D eigenvalue weighted by Gasteiger charge is -2.37. The molecule has 7 heteroatoms. The highest BCUT2D eigenvalue weighted by molar-refractivity contribution is 7.10. The van der Waals surface area contributed by atoms with Gasteiger partial charge in [0.2, 0.25) is 5.91 Å². The van der Waals surface area contributed by atoms with Gasteiger partial charge in [-0.25, -0.2) is 9.97 Å². The molecule has 0 aliphatic carbocycles. The highest BCUT2D eigenvalue weighted by Gasteiger charge is 2.28. The lowest BCUT2D eigenvalue weighted by molar-refractivity contribution is -0.131. The molecule has 6 nitrogen and oxygen atoms in total. The number of hydrogen-bond donors (Lipinski definition) is 0. The van der Waals surface area contributed by atoms with Crippen LogP contribution in [-0.4, -0.2) is 64.9 Å². The van der Waals surface area contributed by atoms with E-state index >= 15 is 0 Å². The molecule has 27 heavy (non-hydrogen) atoms. The predicted molar refractivity (Wildman–Crippen MR) is 108 cm³/mol. The van der Waals surface area contributed by atoms with Gasteiger partial charge < -0.3 is 14.7 Å². The molecule has 0 saturated carbocycles. The van der Waals surface area contributed by atoms with Gasteiger partial charge in [-0.3, -0.25) is 4.79 Å². The van der Waals surface area contributed by atoms with Crippen LogP contribution < -0.4 is 4.90 Å². The van der Waals surface area contributed by atoms with Crippen LogP contribution in [0.1, 0.15) is 28.9 Å². The SMILES string of the molecule is CCN1CCN(c2nc(C)nc3c2CN(C(=O)Cc2cccs2)CC3)CC1. The summed E-state index contributed by atoms with van der Waals surface area (Å²) < 4.78 is 0. The minimum atomic E-state index is 0.199. The number of likely N-dealkylation sites (N-methyl/N-ethyl adjacent to an activating group) is 1. The fourth-order valence-electron chi connectivity index (χ4n) is 3.94. The second-order valence-electron chi connectivity index (χ2n) is 7.26. The van der Waals surface area contributed by atoms with E-state index < -0.39 is 0 Å². The van der Waals surface area contributed by atoms with Crippen LogP contribution in [0.4, 0.5) is 5.82 Å². The number of amides is 1. The van der Waals surface area contributed by atoms with Crippen LogP contribution in [0.25, 0.3) is 0 Å². The van der Waals surface area contributed by atoms with E-state index in [0.29, 0.717) is 13.0 Å². The molecule has 1 amide bonds. The van der Waals surface area contributed by atoms with Crippen molar-refractivity contribution >= 4 is 23.1 Å². The van der Waals surface area contributed by atoms with Crippen LogP contribution in [0.15, 0.2) is 17.5 Å². The first-order chi connectivity index (χ1) is 13.1. The lowest BCUT2D eigenvalue weighted by Crippen LogP contribution is -2.47. The minimum Gasteiger partial charge on any atom is -0.354 e. The van der Waals surface area contributed by atoms with Gasteiger partial charge in [-0.15, -0.1) is 11.3 Å². The Balaban J connectivity index is 1.54. The topological polar surface area (TPSA) is 52.6 Å². The molecule has 0 aromatic carbocycles. The molecule has 1 fully saturated rings. The van der Waals surface area contributed by atoms with Crippen LogP contribution in [-0.2, 0) is 24.2 Å². The number of aryl methyl sites for hydroxylation is 1. The van der Waals surface area contributed by atoms with Crippen molar-refractivity contribution in [2.75, 3.05) is 44.2 Å². The van der Waals surface area contributed by atoms with Crippen molar-refractivity contribution < 1.29 is 4.79 Å². The summed E-state index contributed by atoms with van der Waals surface area (Å²) in [5, 5.41) is 2.03. The molecule has 0 bridgehead atoms. The van der Waals surface area contributed by atoms with Crippen molar-refractivity contribution in [1.82, 2.24) is 19.8 Å². The number of thiophene rings is 1. The summed E-state index contributed by atoms with van der Waals surface area (Å²) in [7, 11) is 0. The highest BCUT2D eigenvalue weighted by atomic mass is 32.1. The number of fused-ring (bicyclic) bond motifs is 1. The van der Waals surface area contributed by atoms with Gasteiger partial charge >= 0.3 is 0 Å². The molecule has 4 rings (SSSR count). The molecule has 0 atom stereocenters. The fraction of sp³-hybridized carbons (Fsp3) is 0.550. The standard InChI is InChI=1S/C20H27N5OS/c1-3-23-8-10-24(11-9-23)20-17-14-25(7-6-18(17)21-15(2)22-20)19(26)13-16-5-4-12-27-16/h4-5,12H,3,6-11,13-14H2,1-2H3. The number of carbonyl (C=O) groups excluding carboxylic acids is 1. The minimum absolute atomic E-state index is 0.199. The molecule has 2 aromatic heterocycles. The Kier molecular flexibility index (Phi) is 5.41. The predicted octanol–water partition coefficient (Wildman–Crippen LogP) is 2.12. The molecular weight excluding hydrogens is 358 g/mol. The number of hydrogen-bond acceptors (Lipinski definition) is 6. The second-order valence-corrected chi connectivity index (χ2v) is 8.29. The third-order valence-corrected chi connectivity index (χ3v) is 6.40. The van der Waals surface area contributed by atoms with Crippen molar-refractivity contribution in [3.63, 3.8) is 0 Å². The van der Waals surface area contributed by atoms with E-state index in [1.807, 2.05) is 29.3 Å². The van der Waals surface area contributed by atoms with Crippen molar-refractivity contribution in [2.24, 2.45) is 0 Å². The molecule has 4 heterocycles. The van der Waals surface area contributed by atoms with Crippen molar-refractivity contribution in [1.29, 1.82) is 0 Å². The molecule has 2 aliphatic heterocycles. The van der Waals surface area contributed by atoms with Gasteiger partial charge in [0.15, 0.2) is 0 Å². The average Bonchev–Trinajstić information content (AvgIpc) is 3.20. The van der Waals surface area contributed by atoms with E-state index in [9.17, 15) is 4.79 Å². The maximum Gasteiger partial charge on any atom is 0.228 e. The molecular formula is C20H27N5OS. The first kappa shape index (κ1) is 18.4. The Morgan fingerprint density at radius 1 is 1.19 bits per heavy atom. The first-order valence-electron chi connectivity index (χ1n) is 9.78. The number of nitrogens with zero attached hydrogens (tertiary/aromatic N) is 5. The summed E-state index contributed by atoms with van der Waals surface area (Å²) in [6.07, 6.45) is 1.31. The zero-order valence-electron chi connectivity index (χ0n) is 16.1. The van der Waals surface area contributed by atoms with Gasteiger partial charge in [0.25, 0.3) is 0 Å². The van der Waals surface area contributed by atoms with Gasteiger partial charge in [-0.2, -0.15) is 0 Å². The molecule has 1 saturated heterocycles. The van der Waals surface area contributed by atoms with Gasteiger partial charge in [-0.1, -0.05) is 13.0 Å². The third-order valence-electron chi connectivity index (χ3n) is 5.53. The zero-order valence-corrected chi connectivity index (χ0v) is 17.0. The summed E-state index contributed by atoms with van der Waals surface area (Å²) >= 11 is 1.65. The van der Waals surface area contributed by atoms with Gasteiger partial charge in [0.05, 0.1) is 18.7 Å². The molecule has 0 N–H and O–H groups in total. The number of carbonyl (C=O) groups is 1. The van der Waals surface area contributed by atoms with Crippen LogP contribution >= 0.6 is 11.3 Å². The Labute approximate surface area is 164 Å². The first-order valence-corrected chi connectivity index (χ1v) is 10.7. The summed E-state index contributed by atoms with van der Waals surface area (Å²) in [6.45, 7) is 10.8. The van der Waals surface area contributed by atoms with Crippen LogP contribution in [0, 0.1) is 6.92 Å². The maximum atomic E-state index is 12.8. The van der Waals surface area contributed by atoms with Crippen molar-refractivity contribution in [3.05, 3.63) is 39.5 Å². The second kappa shape index (κ2) is 7.94. The van der Waals surface area contributed by atoms with Crippen LogP contribution in [0.5, 0.6) is 0 Å². The number of anilines is 1. The average molecular weight is 386 g/mol. The Hall–Kier alpha value is -1.99. The van der Waals surface area contributed by atoms with E-state index in [2.05, 4.69) is 21.7 Å². The lowest BCUT2D eigenvalue weighted by atomic mass is 10.0. The third kappa shape index (κ3) is 3.99. The summed E-state index contributed by atoms with van der Waals surface area (Å²) in [5.74, 6) is 2.08. The van der Waals surface area contributed by atoms with Crippen LogP contribution in [0.2, 0.25) is 0 Å². The molecule has 0 radical (unpaired) electrons. The van der Waals surface area contributed by atoms with Crippen molar-refractivity contribution in [2.45, 2.75) is 33.2 Å². The number of piperazine rings is 1. The zero-order chi connectivity index (χ0) is 18.8. The Morgan fingerprint density at radius 2 is 2.00 bits per heavy atom. The van der Waals surface area contributed by atoms with E-state index in [1.165, 1.54) is 0 Å². The highest BCUT2D eigenvalue weighted by Crippen LogP contribution is 2.28. The molecule has 2 aliphatic rings. The summed E-state index contributed by atoms with van der Waals surface area (Å²) in [5.41, 5.74) is 2.27. The molecule has 2 aromatic rings. The Morgan fingerprint density at radius 3 is 2.70 bits per heavy atom. The summed E-state index contributed by atoms with van der Waals surface area (Å²) in [6, 6.07) is 4.04. The molecule has 0 unspecified atom stereocenters. The summed E-state index contributed by atoms with van der Waals surface area (Å²) in [4.78, 5) is 30.2. The van der Waals surface area contributed by atoms with Crippen LogP contribution in [0.3, 0.4) is 0 Å². The quantitative estimate of drug-likeness (QED) is 0.807. The fourth-order valence-corrected chi connectivity index (χ4v) is 4.64. The largest absolute Gasteiger partial charge is 0.354 e. The van der Waals surface area contributed by atoms with E-state index in [1.54, 1.807) is 11.3 Å². The molecule has 0 spiro atoms. The van der Waals surface area contributed by atoms with Crippen molar-refractivity contribution in [3.8, 4) is 0 Å². The van der Waals surface area contributed by atoms with E-state index in [4.69, 9.17) is 4.98 Å². The monoisotopic (exact) mass is 385 g/mol. The number of aromatic nitrogens is 2. The Bertz CT molecular complexity index is 799. The number of rotatable bonds is 4. The van der Waals surface area contributed by atoms with Gasteiger partial charge in [-0.05, 0) is 24.9 Å². The smallest absolute Gasteiger partial charge is 0.228 e. The molecule has 144 valence electrons. The van der Waals surface area contributed by atoms with Gasteiger partial charge in [0.1, 0.15) is 11.6 Å².